The van der Waals surface area contributed by atoms with Gasteiger partial charge < -0.3 is 10.1 Å². The molecule has 1 aromatic heterocycles. The second kappa shape index (κ2) is 7.36. The monoisotopic (exact) mass is 429 g/mol. The standard InChI is InChI=1S/C21H20ClN3O3S/c1-21(2)20(27)25(15-9-12(22)7-8-16(15)28-21)11-18(26)24-19-14(10-23)13-5-3-4-6-17(13)29-19/h7-9H,3-6,11H2,1-2H3,(H,24,26). The topological polar surface area (TPSA) is 82.4 Å². The van der Waals surface area contributed by atoms with Crippen LogP contribution in [0.1, 0.15) is 42.7 Å². The summed E-state index contributed by atoms with van der Waals surface area (Å²) in [5.74, 6) is -0.193. The lowest BCUT2D eigenvalue weighted by molar-refractivity contribution is -0.133. The van der Waals surface area contributed by atoms with Crippen molar-refractivity contribution in [3.63, 3.8) is 0 Å². The van der Waals surface area contributed by atoms with Gasteiger partial charge in [0.25, 0.3) is 5.91 Å². The van der Waals surface area contributed by atoms with Crippen LogP contribution in [-0.4, -0.2) is 24.0 Å². The van der Waals surface area contributed by atoms with Crippen LogP contribution in [0, 0.1) is 11.3 Å². The Kier molecular flexibility index (Phi) is 5.01. The van der Waals surface area contributed by atoms with Gasteiger partial charge in [0.2, 0.25) is 5.91 Å². The first-order valence-electron chi connectivity index (χ1n) is 9.45. The van der Waals surface area contributed by atoms with E-state index in [4.69, 9.17) is 16.3 Å². The molecule has 0 saturated carbocycles. The number of anilines is 2. The summed E-state index contributed by atoms with van der Waals surface area (Å²) in [5, 5.41) is 13.4. The van der Waals surface area contributed by atoms with Gasteiger partial charge in [-0.2, -0.15) is 5.26 Å². The number of thiophene rings is 1. The predicted octanol–water partition coefficient (Wildman–Crippen LogP) is 4.29. The lowest BCUT2D eigenvalue weighted by Gasteiger charge is -2.38. The molecule has 1 N–H and O–H groups in total. The van der Waals surface area contributed by atoms with E-state index in [1.54, 1.807) is 32.0 Å². The molecule has 0 bridgehead atoms. The maximum Gasteiger partial charge on any atom is 0.271 e. The molecule has 2 amide bonds. The smallest absolute Gasteiger partial charge is 0.271 e. The number of aryl methyl sites for hydroxylation is 1. The van der Waals surface area contributed by atoms with E-state index in [1.165, 1.54) is 21.1 Å². The molecule has 8 heteroatoms. The fourth-order valence-electron chi connectivity index (χ4n) is 3.78. The van der Waals surface area contributed by atoms with Crippen LogP contribution in [0.2, 0.25) is 5.02 Å². The van der Waals surface area contributed by atoms with E-state index < -0.39 is 5.60 Å². The molecule has 0 radical (unpaired) electrons. The molecule has 1 aliphatic heterocycles. The fourth-order valence-corrected chi connectivity index (χ4v) is 5.20. The van der Waals surface area contributed by atoms with Crippen LogP contribution in [0.3, 0.4) is 0 Å². The maximum absolute atomic E-state index is 12.9. The third-order valence-electron chi connectivity index (χ3n) is 5.17. The van der Waals surface area contributed by atoms with Crippen LogP contribution in [0.15, 0.2) is 18.2 Å². The molecular weight excluding hydrogens is 410 g/mol. The summed E-state index contributed by atoms with van der Waals surface area (Å²) in [6.45, 7) is 3.14. The quantitative estimate of drug-likeness (QED) is 0.788. The Balaban J connectivity index is 1.60. The molecule has 4 rings (SSSR count). The zero-order chi connectivity index (χ0) is 20.8. The fraction of sp³-hybridized carbons (Fsp3) is 0.381. The van der Waals surface area contributed by atoms with Crippen LogP contribution >= 0.6 is 22.9 Å². The van der Waals surface area contributed by atoms with Crippen molar-refractivity contribution < 1.29 is 14.3 Å². The molecule has 0 saturated heterocycles. The van der Waals surface area contributed by atoms with Gasteiger partial charge in [-0.3, -0.25) is 14.5 Å². The summed E-state index contributed by atoms with van der Waals surface area (Å²) in [6.07, 6.45) is 3.96. The van der Waals surface area contributed by atoms with Gasteiger partial charge in [-0.1, -0.05) is 11.6 Å². The Bertz CT molecular complexity index is 1050. The van der Waals surface area contributed by atoms with E-state index >= 15 is 0 Å². The molecule has 2 aromatic rings. The number of hydrogen-bond acceptors (Lipinski definition) is 5. The number of fused-ring (bicyclic) bond motifs is 2. The van der Waals surface area contributed by atoms with Crippen LogP contribution in [0.5, 0.6) is 5.75 Å². The van der Waals surface area contributed by atoms with Gasteiger partial charge >= 0.3 is 0 Å². The minimum absolute atomic E-state index is 0.188. The number of carbonyl (C=O) groups excluding carboxylic acids is 2. The number of nitrogens with one attached hydrogen (secondary N) is 1. The van der Waals surface area contributed by atoms with Crippen LogP contribution in [0.25, 0.3) is 0 Å². The van der Waals surface area contributed by atoms with Crippen molar-refractivity contribution in [2.45, 2.75) is 45.1 Å². The maximum atomic E-state index is 12.9. The Morgan fingerprint density at radius 2 is 2.14 bits per heavy atom. The van der Waals surface area contributed by atoms with Gasteiger partial charge in [0.1, 0.15) is 23.4 Å². The van der Waals surface area contributed by atoms with Crippen molar-refractivity contribution in [1.29, 1.82) is 5.26 Å². The third-order valence-corrected chi connectivity index (χ3v) is 6.62. The van der Waals surface area contributed by atoms with Crippen molar-refractivity contribution in [3.05, 3.63) is 39.2 Å². The first-order chi connectivity index (χ1) is 13.8. The first-order valence-corrected chi connectivity index (χ1v) is 10.6. The summed E-state index contributed by atoms with van der Waals surface area (Å²) in [4.78, 5) is 28.3. The highest BCUT2D eigenvalue weighted by Gasteiger charge is 2.41. The Morgan fingerprint density at radius 1 is 1.38 bits per heavy atom. The van der Waals surface area contributed by atoms with E-state index in [2.05, 4.69) is 11.4 Å². The number of benzene rings is 1. The lowest BCUT2D eigenvalue weighted by Crippen LogP contribution is -2.54. The average molecular weight is 430 g/mol. The zero-order valence-electron chi connectivity index (χ0n) is 16.2. The lowest BCUT2D eigenvalue weighted by atomic mass is 9.96. The first kappa shape index (κ1) is 19.7. The molecule has 2 aliphatic rings. The second-order valence-electron chi connectivity index (χ2n) is 7.69. The molecule has 0 spiro atoms. The minimum atomic E-state index is -1.10. The van der Waals surface area contributed by atoms with Gasteiger partial charge in [0.15, 0.2) is 5.60 Å². The molecule has 0 unspecified atom stereocenters. The second-order valence-corrected chi connectivity index (χ2v) is 9.23. The molecule has 6 nitrogen and oxygen atoms in total. The van der Waals surface area contributed by atoms with Crippen molar-refractivity contribution in [1.82, 2.24) is 0 Å². The van der Waals surface area contributed by atoms with E-state index in [0.29, 0.717) is 27.0 Å². The van der Waals surface area contributed by atoms with Crippen molar-refractivity contribution in [2.75, 3.05) is 16.8 Å². The molecule has 29 heavy (non-hydrogen) atoms. The van der Waals surface area contributed by atoms with Crippen molar-refractivity contribution >= 4 is 45.4 Å². The SMILES string of the molecule is CC1(C)Oc2ccc(Cl)cc2N(CC(=O)Nc2sc3c(c2C#N)CCCC3)C1=O. The van der Waals surface area contributed by atoms with Gasteiger partial charge in [0.05, 0.1) is 11.3 Å². The molecule has 0 fully saturated rings. The van der Waals surface area contributed by atoms with E-state index in [1.807, 2.05) is 0 Å². The highest BCUT2D eigenvalue weighted by Crippen LogP contribution is 2.40. The predicted molar refractivity (Wildman–Crippen MR) is 113 cm³/mol. The number of amides is 2. The number of ether oxygens (including phenoxy) is 1. The largest absolute Gasteiger partial charge is 0.476 e. The third kappa shape index (κ3) is 3.59. The highest BCUT2D eigenvalue weighted by atomic mass is 35.5. The summed E-state index contributed by atoms with van der Waals surface area (Å²) in [7, 11) is 0. The highest BCUT2D eigenvalue weighted by molar-refractivity contribution is 7.16. The normalized spacial score (nSPS) is 17.0. The molecule has 1 aromatic carbocycles. The summed E-state index contributed by atoms with van der Waals surface area (Å²) in [6, 6.07) is 7.22. The summed E-state index contributed by atoms with van der Waals surface area (Å²) in [5.41, 5.74) is 0.971. The van der Waals surface area contributed by atoms with Crippen LogP contribution in [0.4, 0.5) is 10.7 Å². The van der Waals surface area contributed by atoms with Crippen LogP contribution in [-0.2, 0) is 22.4 Å². The number of rotatable bonds is 3. The average Bonchev–Trinajstić information content (AvgIpc) is 3.02. The number of halogens is 1. The van der Waals surface area contributed by atoms with Crippen LogP contribution < -0.4 is 15.0 Å². The van der Waals surface area contributed by atoms with Crippen molar-refractivity contribution in [2.24, 2.45) is 0 Å². The van der Waals surface area contributed by atoms with E-state index in [9.17, 15) is 14.9 Å². The van der Waals surface area contributed by atoms with E-state index in [-0.39, 0.29) is 18.4 Å². The molecule has 150 valence electrons. The van der Waals surface area contributed by atoms with Crippen molar-refractivity contribution in [3.8, 4) is 11.8 Å². The minimum Gasteiger partial charge on any atom is -0.476 e. The van der Waals surface area contributed by atoms with Gasteiger partial charge in [-0.15, -0.1) is 11.3 Å². The van der Waals surface area contributed by atoms with Gasteiger partial charge in [-0.05, 0) is 63.3 Å². The molecule has 0 atom stereocenters. The zero-order valence-corrected chi connectivity index (χ0v) is 17.7. The summed E-state index contributed by atoms with van der Waals surface area (Å²) < 4.78 is 5.79. The summed E-state index contributed by atoms with van der Waals surface area (Å²) >= 11 is 7.56. The number of nitriles is 1. The van der Waals surface area contributed by atoms with E-state index in [0.717, 1.165) is 31.2 Å². The number of hydrogen-bond donors (Lipinski definition) is 1. The molecule has 1 aliphatic carbocycles. The van der Waals surface area contributed by atoms with Gasteiger partial charge in [0, 0.05) is 9.90 Å². The number of carbonyl (C=O) groups is 2. The van der Waals surface area contributed by atoms with Gasteiger partial charge in [-0.25, -0.2) is 0 Å². The molecular formula is C21H20ClN3O3S. The number of nitrogens with zero attached hydrogens (tertiary/aromatic N) is 2. The Hall–Kier alpha value is -2.56. The molecule has 2 heterocycles. The Morgan fingerprint density at radius 3 is 2.90 bits per heavy atom. The Labute approximate surface area is 178 Å².